The molecule has 0 spiro atoms. The van der Waals surface area contributed by atoms with Gasteiger partial charge in [0.15, 0.2) is 5.78 Å². The number of ketones is 1. The van der Waals surface area contributed by atoms with Crippen molar-refractivity contribution in [3.05, 3.63) is 47.5 Å². The van der Waals surface area contributed by atoms with E-state index in [9.17, 15) is 10.1 Å². The molecule has 2 saturated carbocycles. The maximum Gasteiger partial charge on any atom is 0.152 e. The lowest BCUT2D eigenvalue weighted by molar-refractivity contribution is -0.113. The van der Waals surface area contributed by atoms with E-state index in [1.54, 1.807) is 13.0 Å². The molecule has 4 unspecified atom stereocenters. The summed E-state index contributed by atoms with van der Waals surface area (Å²) >= 11 is 0. The highest BCUT2D eigenvalue weighted by molar-refractivity contribution is 5.88. The lowest BCUT2D eigenvalue weighted by Crippen LogP contribution is -2.39. The molecule has 0 amide bonds. The van der Waals surface area contributed by atoms with Gasteiger partial charge in [0.05, 0.1) is 23.2 Å². The predicted octanol–water partition coefficient (Wildman–Crippen LogP) is 3.12. The number of nitriles is 1. The Morgan fingerprint density at radius 1 is 1.43 bits per heavy atom. The van der Waals surface area contributed by atoms with Crippen LogP contribution < -0.4 is 0 Å². The maximum atomic E-state index is 11.5. The standard InChI is InChI=1S/C18H17NO2/c1-12(20)7-15-16-8-14-9-17(15,11-19)10-18(14,21-16)13-5-3-2-4-6-13/h2-7,14,16H,8-10H2,1H3. The third kappa shape index (κ3) is 1.54. The van der Waals surface area contributed by atoms with E-state index < -0.39 is 5.41 Å². The number of carbonyl (C=O) groups is 1. The van der Waals surface area contributed by atoms with Gasteiger partial charge in [-0.3, -0.25) is 4.79 Å². The smallest absolute Gasteiger partial charge is 0.152 e. The molecule has 2 aliphatic heterocycles. The summed E-state index contributed by atoms with van der Waals surface area (Å²) in [6.45, 7) is 1.54. The molecule has 4 atom stereocenters. The van der Waals surface area contributed by atoms with Crippen molar-refractivity contribution in [1.29, 1.82) is 5.26 Å². The van der Waals surface area contributed by atoms with Gasteiger partial charge in [-0.1, -0.05) is 30.3 Å². The summed E-state index contributed by atoms with van der Waals surface area (Å²) in [7, 11) is 0. The summed E-state index contributed by atoms with van der Waals surface area (Å²) in [5, 5.41) is 9.79. The van der Waals surface area contributed by atoms with Gasteiger partial charge in [-0.2, -0.15) is 5.26 Å². The summed E-state index contributed by atoms with van der Waals surface area (Å²) in [4.78, 5) is 11.5. The highest BCUT2D eigenvalue weighted by Gasteiger charge is 2.68. The van der Waals surface area contributed by atoms with Crippen molar-refractivity contribution in [2.24, 2.45) is 11.3 Å². The van der Waals surface area contributed by atoms with Crippen LogP contribution in [0.1, 0.15) is 31.7 Å². The van der Waals surface area contributed by atoms with E-state index in [1.165, 1.54) is 5.56 Å². The van der Waals surface area contributed by atoms with Gasteiger partial charge < -0.3 is 4.74 Å². The zero-order valence-electron chi connectivity index (χ0n) is 12.0. The van der Waals surface area contributed by atoms with E-state index in [1.807, 2.05) is 18.2 Å². The molecule has 0 aromatic heterocycles. The highest BCUT2D eigenvalue weighted by Crippen LogP contribution is 2.69. The van der Waals surface area contributed by atoms with Crippen molar-refractivity contribution >= 4 is 5.78 Å². The minimum atomic E-state index is -0.507. The van der Waals surface area contributed by atoms with Crippen LogP contribution in [0.15, 0.2) is 42.0 Å². The Bertz CT molecular complexity index is 687. The number of hydrogen-bond donors (Lipinski definition) is 0. The molecule has 3 nitrogen and oxygen atoms in total. The van der Waals surface area contributed by atoms with Crippen molar-refractivity contribution in [1.82, 2.24) is 0 Å². The van der Waals surface area contributed by atoms with Gasteiger partial charge in [0.25, 0.3) is 0 Å². The predicted molar refractivity (Wildman–Crippen MR) is 77.1 cm³/mol. The molecule has 4 bridgehead atoms. The van der Waals surface area contributed by atoms with Crippen molar-refractivity contribution < 1.29 is 9.53 Å². The Kier molecular flexibility index (Phi) is 2.47. The highest BCUT2D eigenvalue weighted by atomic mass is 16.5. The number of nitrogens with zero attached hydrogens (tertiary/aromatic N) is 1. The molecular formula is C18H17NO2. The minimum Gasteiger partial charge on any atom is -0.362 e. The van der Waals surface area contributed by atoms with Crippen LogP contribution in [0, 0.1) is 22.7 Å². The number of carbonyl (C=O) groups excluding carboxylic acids is 1. The van der Waals surface area contributed by atoms with Crippen LogP contribution in [0.2, 0.25) is 0 Å². The van der Waals surface area contributed by atoms with E-state index in [0.29, 0.717) is 12.3 Å². The van der Waals surface area contributed by atoms with E-state index in [2.05, 4.69) is 18.2 Å². The monoisotopic (exact) mass is 279 g/mol. The summed E-state index contributed by atoms with van der Waals surface area (Å²) in [6, 6.07) is 12.8. The maximum absolute atomic E-state index is 11.5. The summed E-state index contributed by atoms with van der Waals surface area (Å²) in [5.74, 6) is 0.388. The van der Waals surface area contributed by atoms with Gasteiger partial charge in [0.2, 0.25) is 0 Å². The van der Waals surface area contributed by atoms with Gasteiger partial charge in [-0.25, -0.2) is 0 Å². The van der Waals surface area contributed by atoms with Gasteiger partial charge >= 0.3 is 0 Å². The number of benzene rings is 1. The van der Waals surface area contributed by atoms with E-state index in [-0.39, 0.29) is 17.5 Å². The van der Waals surface area contributed by atoms with Crippen LogP contribution in [-0.4, -0.2) is 11.9 Å². The van der Waals surface area contributed by atoms with E-state index in [0.717, 1.165) is 18.4 Å². The quantitative estimate of drug-likeness (QED) is 0.781. The molecule has 0 radical (unpaired) electrons. The number of ether oxygens (including phenoxy) is 1. The summed E-state index contributed by atoms with van der Waals surface area (Å²) in [5.41, 5.74) is 1.26. The van der Waals surface area contributed by atoms with Gasteiger partial charge in [0.1, 0.15) is 0 Å². The third-order valence-electron chi connectivity index (χ3n) is 5.40. The molecule has 4 fully saturated rings. The first kappa shape index (κ1) is 12.8. The second-order valence-electron chi connectivity index (χ2n) is 6.58. The lowest BCUT2D eigenvalue weighted by Gasteiger charge is -2.39. The van der Waals surface area contributed by atoms with Crippen LogP contribution in [0.4, 0.5) is 0 Å². The van der Waals surface area contributed by atoms with Crippen LogP contribution in [0.5, 0.6) is 0 Å². The Morgan fingerprint density at radius 3 is 2.86 bits per heavy atom. The molecule has 2 saturated heterocycles. The molecular weight excluding hydrogens is 262 g/mol. The molecule has 21 heavy (non-hydrogen) atoms. The fourth-order valence-electron chi connectivity index (χ4n) is 4.67. The fourth-order valence-corrected chi connectivity index (χ4v) is 4.67. The van der Waals surface area contributed by atoms with Crippen LogP contribution in [0.25, 0.3) is 0 Å². The Morgan fingerprint density at radius 2 is 2.19 bits per heavy atom. The zero-order chi connectivity index (χ0) is 14.7. The minimum absolute atomic E-state index is 0.00536. The molecule has 2 heterocycles. The van der Waals surface area contributed by atoms with Crippen LogP contribution in [-0.2, 0) is 15.1 Å². The molecule has 1 aromatic rings. The first-order chi connectivity index (χ1) is 10.1. The second-order valence-corrected chi connectivity index (χ2v) is 6.58. The summed E-state index contributed by atoms with van der Waals surface area (Å²) < 4.78 is 6.39. The average Bonchev–Trinajstić information content (AvgIpc) is 2.92. The Hall–Kier alpha value is -1.92. The first-order valence-electron chi connectivity index (χ1n) is 7.47. The van der Waals surface area contributed by atoms with Gasteiger partial charge in [0, 0.05) is 6.42 Å². The third-order valence-corrected chi connectivity index (χ3v) is 5.40. The normalized spacial score (nSPS) is 41.4. The van der Waals surface area contributed by atoms with Crippen molar-refractivity contribution in [2.45, 2.75) is 37.9 Å². The summed E-state index contributed by atoms with van der Waals surface area (Å²) in [6.07, 6.45) is 4.00. The zero-order valence-corrected chi connectivity index (χ0v) is 12.0. The van der Waals surface area contributed by atoms with Crippen LogP contribution >= 0.6 is 0 Å². The number of rotatable bonds is 2. The van der Waals surface area contributed by atoms with Crippen molar-refractivity contribution in [3.8, 4) is 6.07 Å². The van der Waals surface area contributed by atoms with Crippen molar-refractivity contribution in [3.63, 3.8) is 0 Å². The molecule has 2 aliphatic carbocycles. The molecule has 106 valence electrons. The van der Waals surface area contributed by atoms with E-state index in [4.69, 9.17) is 4.74 Å². The molecule has 5 rings (SSSR count). The van der Waals surface area contributed by atoms with Gasteiger partial charge in [-0.05, 0) is 42.9 Å². The SMILES string of the molecule is CC(=O)C=C1C2CC3CC1(C#N)CC3(c1ccccc1)O2. The van der Waals surface area contributed by atoms with E-state index >= 15 is 0 Å². The van der Waals surface area contributed by atoms with Crippen LogP contribution in [0.3, 0.4) is 0 Å². The fraction of sp³-hybridized carbons (Fsp3) is 0.444. The molecule has 1 aromatic carbocycles. The lowest BCUT2D eigenvalue weighted by atomic mass is 9.71. The first-order valence-corrected chi connectivity index (χ1v) is 7.47. The second kappa shape index (κ2) is 4.05. The topological polar surface area (TPSA) is 50.1 Å². The average molecular weight is 279 g/mol. The van der Waals surface area contributed by atoms with Crippen molar-refractivity contribution in [2.75, 3.05) is 0 Å². The number of hydrogen-bond acceptors (Lipinski definition) is 3. The Balaban J connectivity index is 1.84. The van der Waals surface area contributed by atoms with Gasteiger partial charge in [-0.15, -0.1) is 0 Å². The molecule has 4 aliphatic rings. The molecule has 3 heteroatoms. The largest absolute Gasteiger partial charge is 0.362 e. The molecule has 0 N–H and O–H groups in total. The number of allylic oxidation sites excluding steroid dienone is 1. The Labute approximate surface area is 124 Å².